The van der Waals surface area contributed by atoms with Crippen molar-refractivity contribution in [3.8, 4) is 44.5 Å². The van der Waals surface area contributed by atoms with E-state index in [0.717, 1.165) is 134 Å². The Balaban J connectivity index is 0.693. The fourth-order valence-electron chi connectivity index (χ4n) is 17.6. The topological polar surface area (TPSA) is 26.1 Å². The van der Waals surface area contributed by atoms with Crippen molar-refractivity contribution in [2.45, 2.75) is 0 Å². The summed E-state index contributed by atoms with van der Waals surface area (Å²) in [5, 5.41) is 13.9. The Hall–Kier alpha value is -14.6. The Morgan fingerprint density at radius 2 is 0.626 bits per heavy atom. The van der Waals surface area contributed by atoms with Gasteiger partial charge < -0.3 is 24.0 Å². The minimum Gasteiger partial charge on any atom is -0.456 e. The first-order chi connectivity index (χ1) is 57.0. The molecule has 0 radical (unpaired) electrons. The van der Waals surface area contributed by atoms with Gasteiger partial charge in [-0.3, -0.25) is 0 Å². The smallest absolute Gasteiger partial charge is 0.136 e. The molecule has 0 amide bonds. The summed E-state index contributed by atoms with van der Waals surface area (Å²) < 4.78 is 12.3. The van der Waals surface area contributed by atoms with Gasteiger partial charge in [-0.2, -0.15) is 0 Å². The summed E-state index contributed by atoms with van der Waals surface area (Å²) in [6, 6.07) is 155. The third-order valence-electron chi connectivity index (χ3n) is 22.7. The van der Waals surface area contributed by atoms with E-state index >= 15 is 0 Å². The molecule has 0 aliphatic rings. The van der Waals surface area contributed by atoms with Gasteiger partial charge in [-0.15, -0.1) is 22.7 Å². The summed E-state index contributed by atoms with van der Waals surface area (Å²) in [7, 11) is 0. The molecule has 22 rings (SSSR count). The maximum Gasteiger partial charge on any atom is 0.136 e. The molecule has 0 saturated heterocycles. The summed E-state index contributed by atoms with van der Waals surface area (Å²) in [4.78, 5) is 9.66. The van der Waals surface area contributed by atoms with E-state index in [1.807, 2.05) is 22.7 Å². The SMILES string of the molecule is c1ccc(-c2ccc3c(N(c4ccccc4)c4ccc5c(N(c6ccccc6)c6ccc7c(-c8c(N(c9ccccc9)c9ccccc9)ccc9oc%10ccc(N(c%11ccccc%11)c%11cccc(-c%12cccc%13sc%14ccccc%14c%12%13)c%11)cc%10c89)cccc7c6)cccc5c4)ccc(-c4ccc5sc6ccccc6c5c4)c3c2)cc1. The van der Waals surface area contributed by atoms with Crippen LogP contribution >= 0.6 is 22.7 Å². The number of para-hydroxylation sites is 5. The van der Waals surface area contributed by atoms with Gasteiger partial charge in [-0.05, 0) is 236 Å². The van der Waals surface area contributed by atoms with Crippen LogP contribution in [0.25, 0.3) is 139 Å². The molecular weight excluding hydrogens is 1430 g/mol. The van der Waals surface area contributed by atoms with E-state index in [0.29, 0.717) is 0 Å². The lowest BCUT2D eigenvalue weighted by atomic mass is 9.91. The molecular formula is C108H70N4OS2. The van der Waals surface area contributed by atoms with Gasteiger partial charge in [0, 0.05) is 119 Å². The minimum absolute atomic E-state index is 0.798. The van der Waals surface area contributed by atoms with Crippen LogP contribution in [0.15, 0.2) is 429 Å². The van der Waals surface area contributed by atoms with Crippen molar-refractivity contribution in [1.82, 2.24) is 0 Å². The number of benzene rings is 19. The van der Waals surface area contributed by atoms with Crippen molar-refractivity contribution >= 4 is 186 Å². The van der Waals surface area contributed by atoms with Crippen molar-refractivity contribution in [2.75, 3.05) is 19.6 Å². The number of fused-ring (bicyclic) bond motifs is 12. The predicted molar refractivity (Wildman–Crippen MR) is 492 cm³/mol. The zero-order valence-electron chi connectivity index (χ0n) is 62.4. The van der Waals surface area contributed by atoms with E-state index < -0.39 is 0 Å². The summed E-state index contributed by atoms with van der Waals surface area (Å²) in [6.07, 6.45) is 0. The molecule has 0 fully saturated rings. The van der Waals surface area contributed by atoms with Crippen LogP contribution in [-0.4, -0.2) is 0 Å². The van der Waals surface area contributed by atoms with Gasteiger partial charge in [-0.1, -0.05) is 249 Å². The number of hydrogen-bond acceptors (Lipinski definition) is 7. The van der Waals surface area contributed by atoms with Crippen LogP contribution in [0.2, 0.25) is 0 Å². The number of furan rings is 1. The molecule has 115 heavy (non-hydrogen) atoms. The van der Waals surface area contributed by atoms with E-state index in [2.05, 4.69) is 444 Å². The highest BCUT2D eigenvalue weighted by atomic mass is 32.1. The Labute approximate surface area is 673 Å². The second-order valence-corrected chi connectivity index (χ2v) is 31.6. The summed E-state index contributed by atoms with van der Waals surface area (Å²) in [5.74, 6) is 0. The zero-order chi connectivity index (χ0) is 75.9. The summed E-state index contributed by atoms with van der Waals surface area (Å²) in [5.41, 5.74) is 23.4. The van der Waals surface area contributed by atoms with Crippen LogP contribution in [0.5, 0.6) is 0 Å². The molecule has 7 heteroatoms. The first kappa shape index (κ1) is 67.3. The lowest BCUT2D eigenvalue weighted by molar-refractivity contribution is 0.669. The first-order valence-electron chi connectivity index (χ1n) is 39.1. The van der Waals surface area contributed by atoms with Gasteiger partial charge in [-0.25, -0.2) is 0 Å². The standard InChI is InChI=1S/C108H70N4OS2/c1-7-27-71(28-8-1)72-51-56-90-94(68-72)87(76-52-64-104-95(69-76)91-43-19-21-48-102(91)114-104)59-60-98(90)112(81-40-17-6-18-41-81)84-54-58-88-74(66-84)31-25-47-97(88)111(80-38-15-5-16-39-80)83-53-57-86-73(65-83)30-24-46-92(86)107-99(110(78-34-11-3-12-35-78)79-36-13-4-14-37-79)61-63-101-108(107)96-70-85(55-62-100(96)113-101)109(77-32-9-2-10-33-77)82-42-23-29-75(67-82)89-45-26-50-105-106(89)93-44-20-22-49-103(93)115-105/h1-70H. The van der Waals surface area contributed by atoms with E-state index in [9.17, 15) is 0 Å². The molecule has 0 saturated carbocycles. The van der Waals surface area contributed by atoms with Crippen molar-refractivity contribution in [3.63, 3.8) is 0 Å². The van der Waals surface area contributed by atoms with Gasteiger partial charge >= 0.3 is 0 Å². The van der Waals surface area contributed by atoms with E-state index in [-0.39, 0.29) is 0 Å². The van der Waals surface area contributed by atoms with Crippen LogP contribution in [0.4, 0.5) is 68.2 Å². The molecule has 5 nitrogen and oxygen atoms in total. The molecule has 540 valence electrons. The first-order valence-corrected chi connectivity index (χ1v) is 40.7. The van der Waals surface area contributed by atoms with E-state index in [1.165, 1.54) is 73.5 Å². The van der Waals surface area contributed by atoms with Crippen molar-refractivity contribution < 1.29 is 4.42 Å². The van der Waals surface area contributed by atoms with Crippen LogP contribution in [0.1, 0.15) is 0 Å². The lowest BCUT2D eigenvalue weighted by Crippen LogP contribution is -2.12. The highest BCUT2D eigenvalue weighted by molar-refractivity contribution is 7.26. The maximum absolute atomic E-state index is 7.14. The number of thiophene rings is 2. The van der Waals surface area contributed by atoms with Crippen molar-refractivity contribution in [3.05, 3.63) is 425 Å². The van der Waals surface area contributed by atoms with Gasteiger partial charge in [0.25, 0.3) is 0 Å². The second-order valence-electron chi connectivity index (χ2n) is 29.4. The van der Waals surface area contributed by atoms with Crippen molar-refractivity contribution in [1.29, 1.82) is 0 Å². The molecule has 3 aromatic heterocycles. The monoisotopic (exact) mass is 1500 g/mol. The molecule has 0 aliphatic heterocycles. The fraction of sp³-hybridized carbons (Fsp3) is 0. The molecule has 3 heterocycles. The van der Waals surface area contributed by atoms with Crippen molar-refractivity contribution in [2.24, 2.45) is 0 Å². The molecule has 22 aromatic rings. The average Bonchev–Trinajstić information content (AvgIpc) is 1.70. The lowest BCUT2D eigenvalue weighted by Gasteiger charge is -2.30. The van der Waals surface area contributed by atoms with E-state index in [1.54, 1.807) is 0 Å². The van der Waals surface area contributed by atoms with Crippen LogP contribution in [0, 0.1) is 0 Å². The van der Waals surface area contributed by atoms with Gasteiger partial charge in [0.15, 0.2) is 0 Å². The fourth-order valence-corrected chi connectivity index (χ4v) is 19.8. The highest BCUT2D eigenvalue weighted by Gasteiger charge is 2.28. The Morgan fingerprint density at radius 3 is 1.31 bits per heavy atom. The minimum atomic E-state index is 0.798. The molecule has 0 atom stereocenters. The van der Waals surface area contributed by atoms with Crippen LogP contribution in [-0.2, 0) is 0 Å². The van der Waals surface area contributed by atoms with E-state index in [4.69, 9.17) is 4.42 Å². The van der Waals surface area contributed by atoms with Gasteiger partial charge in [0.05, 0.1) is 17.1 Å². The largest absolute Gasteiger partial charge is 0.456 e. The number of anilines is 12. The Bertz CT molecular complexity index is 7450. The second kappa shape index (κ2) is 28.3. The summed E-state index contributed by atoms with van der Waals surface area (Å²) in [6.45, 7) is 0. The molecule has 0 bridgehead atoms. The quantitative estimate of drug-likeness (QED) is 0.0961. The van der Waals surface area contributed by atoms with Gasteiger partial charge in [0.2, 0.25) is 0 Å². The molecule has 0 spiro atoms. The summed E-state index contributed by atoms with van der Waals surface area (Å²) >= 11 is 3.71. The highest BCUT2D eigenvalue weighted by Crippen LogP contribution is 2.53. The molecule has 0 aliphatic carbocycles. The molecule has 0 unspecified atom stereocenters. The number of hydrogen-bond donors (Lipinski definition) is 0. The third kappa shape index (κ3) is 11.8. The predicted octanol–water partition coefficient (Wildman–Crippen LogP) is 32.3. The molecule has 19 aromatic carbocycles. The van der Waals surface area contributed by atoms with Gasteiger partial charge in [0.1, 0.15) is 11.2 Å². The Kier molecular flexibility index (Phi) is 16.6. The number of rotatable bonds is 16. The van der Waals surface area contributed by atoms with Crippen LogP contribution < -0.4 is 19.6 Å². The number of nitrogens with zero attached hydrogens (tertiary/aromatic N) is 4. The zero-order valence-corrected chi connectivity index (χ0v) is 64.1. The average molecular weight is 1500 g/mol. The normalized spacial score (nSPS) is 11.7. The third-order valence-corrected chi connectivity index (χ3v) is 25.0. The molecule has 0 N–H and O–H groups in total. The Morgan fingerprint density at radius 1 is 0.183 bits per heavy atom. The maximum atomic E-state index is 7.14. The van der Waals surface area contributed by atoms with Crippen LogP contribution in [0.3, 0.4) is 0 Å².